The summed E-state index contributed by atoms with van der Waals surface area (Å²) in [6.45, 7) is 1.06. The van der Waals surface area contributed by atoms with Crippen LogP contribution in [0.5, 0.6) is 0 Å². The summed E-state index contributed by atoms with van der Waals surface area (Å²) in [5.41, 5.74) is -0.214. The lowest BCUT2D eigenvalue weighted by atomic mass is 9.88. The number of esters is 1. The average molecular weight is 325 g/mol. The van der Waals surface area contributed by atoms with Gasteiger partial charge in [0.05, 0.1) is 16.7 Å². The molecule has 0 aromatic heterocycles. The van der Waals surface area contributed by atoms with Crippen LogP contribution >= 0.6 is 0 Å². The zero-order valence-corrected chi connectivity index (χ0v) is 12.0. The van der Waals surface area contributed by atoms with Crippen molar-refractivity contribution in [2.75, 3.05) is 5.73 Å². The van der Waals surface area contributed by atoms with Crippen LogP contribution in [-0.4, -0.2) is 23.5 Å². The van der Waals surface area contributed by atoms with E-state index in [9.17, 15) is 22.8 Å². The number of anilines is 1. The van der Waals surface area contributed by atoms with E-state index < -0.39 is 40.3 Å². The first-order chi connectivity index (χ1) is 10.5. The molecule has 1 aromatic rings. The van der Waals surface area contributed by atoms with E-state index in [4.69, 9.17) is 16.3 Å². The molecule has 2 N–H and O–H groups in total. The van der Waals surface area contributed by atoms with Crippen molar-refractivity contribution < 1.29 is 27.5 Å². The van der Waals surface area contributed by atoms with Gasteiger partial charge >= 0.3 is 12.1 Å². The van der Waals surface area contributed by atoms with Crippen molar-refractivity contribution in [3.63, 3.8) is 0 Å². The Morgan fingerprint density at radius 2 is 1.78 bits per heavy atom. The zero-order valence-electron chi connectivity index (χ0n) is 12.0. The van der Waals surface area contributed by atoms with E-state index >= 15 is 0 Å². The number of benzene rings is 1. The molecule has 0 amide bonds. The number of carbonyl (C=O) groups is 2. The minimum absolute atomic E-state index is 0.322. The lowest BCUT2D eigenvalue weighted by molar-refractivity contribution is -0.242. The summed E-state index contributed by atoms with van der Waals surface area (Å²) in [5, 5.41) is 18.0. The van der Waals surface area contributed by atoms with Crippen molar-refractivity contribution in [3.8, 4) is 12.1 Å². The van der Waals surface area contributed by atoms with E-state index in [2.05, 4.69) is 4.74 Å². The Hall–Kier alpha value is -3.07. The number of hydrogen-bond acceptors (Lipinski definition) is 6. The third-order valence-electron chi connectivity index (χ3n) is 3.02. The van der Waals surface area contributed by atoms with Gasteiger partial charge in [-0.15, -0.1) is 0 Å². The summed E-state index contributed by atoms with van der Waals surface area (Å²) >= 11 is 0. The Morgan fingerprint density at radius 3 is 2.17 bits per heavy atom. The lowest BCUT2D eigenvalue weighted by Gasteiger charge is -2.30. The summed E-state index contributed by atoms with van der Waals surface area (Å²) in [5.74, 6) is -3.07. The van der Waals surface area contributed by atoms with E-state index in [1.165, 1.54) is 6.07 Å². The van der Waals surface area contributed by atoms with Gasteiger partial charge in [-0.1, -0.05) is 0 Å². The Bertz CT molecular complexity index is 759. The highest BCUT2D eigenvalue weighted by atomic mass is 19.4. The van der Waals surface area contributed by atoms with Gasteiger partial charge < -0.3 is 10.5 Å². The fraction of sp³-hybridized carbons (Fsp3) is 0.286. The summed E-state index contributed by atoms with van der Waals surface area (Å²) in [4.78, 5) is 23.4. The Morgan fingerprint density at radius 1 is 1.22 bits per heavy atom. The van der Waals surface area contributed by atoms with Crippen LogP contribution in [0.3, 0.4) is 0 Å². The Kier molecular flexibility index (Phi) is 4.67. The number of rotatable bonds is 3. The predicted octanol–water partition coefficient (Wildman–Crippen LogP) is 2.08. The molecule has 0 saturated heterocycles. The van der Waals surface area contributed by atoms with Crippen molar-refractivity contribution >= 4 is 17.4 Å². The second kappa shape index (κ2) is 5.97. The lowest BCUT2D eigenvalue weighted by Crippen LogP contribution is -2.53. The smallest absolute Gasteiger partial charge is 0.435 e. The van der Waals surface area contributed by atoms with Crippen LogP contribution in [0.2, 0.25) is 0 Å². The number of nitrogens with two attached hydrogens (primary N) is 1. The molecule has 1 unspecified atom stereocenters. The fourth-order valence-corrected chi connectivity index (χ4v) is 1.83. The van der Waals surface area contributed by atoms with Crippen molar-refractivity contribution in [1.82, 2.24) is 0 Å². The number of halogens is 3. The van der Waals surface area contributed by atoms with E-state index in [1.807, 2.05) is 0 Å². The maximum Gasteiger partial charge on any atom is 0.435 e. The highest BCUT2D eigenvalue weighted by Gasteiger charge is 2.60. The van der Waals surface area contributed by atoms with E-state index in [0.29, 0.717) is 13.8 Å². The quantitative estimate of drug-likeness (QED) is 0.516. The molecule has 0 fully saturated rings. The van der Waals surface area contributed by atoms with E-state index in [-0.39, 0.29) is 5.56 Å². The van der Waals surface area contributed by atoms with E-state index in [1.54, 1.807) is 6.07 Å². The number of hydrogen-bond donors (Lipinski definition) is 1. The minimum atomic E-state index is -5.25. The summed E-state index contributed by atoms with van der Waals surface area (Å²) in [6, 6.07) is 5.19. The van der Waals surface area contributed by atoms with Gasteiger partial charge in [-0.05, 0) is 19.1 Å². The summed E-state index contributed by atoms with van der Waals surface area (Å²) in [6.07, 6.45) is -5.25. The molecule has 1 atom stereocenters. The standard InChI is InChI=1S/C14H10F3N3O3/c1-7(21)23-13(2,14(15,16)17)12(22)11-9(6-19)8(5-18)3-4-10(11)20/h3-4H,20H2,1-2H3. The Labute approximate surface area is 128 Å². The molecule has 0 aliphatic carbocycles. The van der Waals surface area contributed by atoms with Gasteiger partial charge in [0, 0.05) is 12.6 Å². The molecule has 0 aliphatic rings. The van der Waals surface area contributed by atoms with Crippen LogP contribution in [-0.2, 0) is 9.53 Å². The van der Waals surface area contributed by atoms with Crippen LogP contribution in [0, 0.1) is 22.7 Å². The third kappa shape index (κ3) is 3.09. The average Bonchev–Trinajstić information content (AvgIpc) is 2.43. The maximum absolute atomic E-state index is 13.3. The van der Waals surface area contributed by atoms with Crippen molar-refractivity contribution in [2.45, 2.75) is 25.6 Å². The molecule has 0 radical (unpaired) electrons. The Balaban J connectivity index is 3.70. The predicted molar refractivity (Wildman–Crippen MR) is 70.8 cm³/mol. The van der Waals surface area contributed by atoms with Crippen LogP contribution in [0.4, 0.5) is 18.9 Å². The van der Waals surface area contributed by atoms with E-state index in [0.717, 1.165) is 12.1 Å². The van der Waals surface area contributed by atoms with Gasteiger partial charge in [-0.3, -0.25) is 9.59 Å². The van der Waals surface area contributed by atoms with Crippen LogP contribution in [0.15, 0.2) is 12.1 Å². The normalized spacial score (nSPS) is 13.3. The van der Waals surface area contributed by atoms with Gasteiger partial charge in [0.1, 0.15) is 12.1 Å². The molecular formula is C14H10F3N3O3. The largest absolute Gasteiger partial charge is 0.441 e. The number of alkyl halides is 3. The van der Waals surface area contributed by atoms with Crippen LogP contribution < -0.4 is 5.73 Å². The molecule has 0 aliphatic heterocycles. The molecule has 0 saturated carbocycles. The molecule has 120 valence electrons. The number of ketones is 1. The van der Waals surface area contributed by atoms with Crippen molar-refractivity contribution in [1.29, 1.82) is 10.5 Å². The molecule has 9 heteroatoms. The SMILES string of the molecule is CC(=O)OC(C)(C(=O)c1c(N)ccc(C#N)c1C#N)C(F)(F)F. The van der Waals surface area contributed by atoms with Gasteiger partial charge in [0.2, 0.25) is 5.78 Å². The number of nitrogen functional groups attached to an aromatic ring is 1. The molecule has 0 heterocycles. The summed E-state index contributed by atoms with van der Waals surface area (Å²) in [7, 11) is 0. The molecule has 23 heavy (non-hydrogen) atoms. The second-order valence-corrected chi connectivity index (χ2v) is 4.63. The molecule has 1 rings (SSSR count). The first kappa shape index (κ1) is 18.0. The monoisotopic (exact) mass is 325 g/mol. The highest BCUT2D eigenvalue weighted by molar-refractivity contribution is 6.09. The first-order valence-corrected chi connectivity index (χ1v) is 6.03. The fourth-order valence-electron chi connectivity index (χ4n) is 1.83. The molecule has 0 spiro atoms. The number of Topliss-reactive ketones (excluding diaryl/α,β-unsaturated/α-hetero) is 1. The number of carbonyl (C=O) groups excluding carboxylic acids is 2. The van der Waals surface area contributed by atoms with Gasteiger partial charge in [0.15, 0.2) is 0 Å². The number of nitrogens with zero attached hydrogens (tertiary/aromatic N) is 2. The molecule has 1 aromatic carbocycles. The first-order valence-electron chi connectivity index (χ1n) is 6.03. The molecular weight excluding hydrogens is 315 g/mol. The second-order valence-electron chi connectivity index (χ2n) is 4.63. The number of ether oxygens (including phenoxy) is 1. The van der Waals surface area contributed by atoms with Gasteiger partial charge in [-0.2, -0.15) is 23.7 Å². The highest BCUT2D eigenvalue weighted by Crippen LogP contribution is 2.38. The molecule has 6 nitrogen and oxygen atoms in total. The number of nitriles is 2. The van der Waals surface area contributed by atoms with Crippen LogP contribution in [0.1, 0.15) is 35.3 Å². The third-order valence-corrected chi connectivity index (χ3v) is 3.02. The topological polar surface area (TPSA) is 117 Å². The minimum Gasteiger partial charge on any atom is -0.441 e. The zero-order chi connectivity index (χ0) is 18.0. The van der Waals surface area contributed by atoms with Gasteiger partial charge in [-0.25, -0.2) is 0 Å². The molecule has 0 bridgehead atoms. The maximum atomic E-state index is 13.3. The van der Waals surface area contributed by atoms with Gasteiger partial charge in [0.25, 0.3) is 5.60 Å². The van der Waals surface area contributed by atoms with Crippen molar-refractivity contribution in [2.24, 2.45) is 0 Å². The van der Waals surface area contributed by atoms with Crippen molar-refractivity contribution in [3.05, 3.63) is 28.8 Å². The summed E-state index contributed by atoms with van der Waals surface area (Å²) < 4.78 is 44.0. The van der Waals surface area contributed by atoms with Crippen LogP contribution in [0.25, 0.3) is 0 Å².